The van der Waals surface area contributed by atoms with E-state index < -0.39 is 5.67 Å². The number of benzene rings is 2. The molecule has 1 fully saturated rings. The average Bonchev–Trinajstić information content (AvgIpc) is 2.86. The molecule has 3 aromatic rings. The van der Waals surface area contributed by atoms with Crippen molar-refractivity contribution in [1.82, 2.24) is 14.7 Å². The Hall–Kier alpha value is -3.17. The molecule has 0 atom stereocenters. The van der Waals surface area contributed by atoms with Gasteiger partial charge in [-0.1, -0.05) is 48.3 Å². The van der Waals surface area contributed by atoms with E-state index in [0.717, 1.165) is 11.4 Å². The van der Waals surface area contributed by atoms with Gasteiger partial charge in [0.15, 0.2) is 5.82 Å². The van der Waals surface area contributed by atoms with E-state index in [2.05, 4.69) is 9.71 Å². The van der Waals surface area contributed by atoms with Crippen LogP contribution in [-0.4, -0.2) is 54.1 Å². The average molecular weight is 482 g/mol. The Kier molecular flexibility index (Phi) is 7.97. The molecular formula is C25H28FN5O2S. The molecule has 0 radical (unpaired) electrons. The minimum absolute atomic E-state index is 0.0931. The maximum Gasteiger partial charge on any atom is 0.255 e. The van der Waals surface area contributed by atoms with Crippen molar-refractivity contribution in [2.24, 2.45) is 0 Å². The van der Waals surface area contributed by atoms with Crippen LogP contribution in [0.1, 0.15) is 12.8 Å². The molecule has 1 N–H and O–H groups in total. The fourth-order valence-corrected chi connectivity index (χ4v) is 4.21. The third-order valence-electron chi connectivity index (χ3n) is 5.66. The molecule has 0 spiro atoms. The standard InChI is InChI=1S/C25H28FN5O2S/c1-34-29-24(32)18-33-19-25(26)12-14-30(15-13-25)22-16-27-17-23(28-22)31(20-8-4-2-5-9-20)21-10-6-3-7-11-21/h2-11,16-17H,12-15,18-19H2,1H3,(H,29,32). The summed E-state index contributed by atoms with van der Waals surface area (Å²) in [4.78, 5) is 24.9. The second-order valence-corrected chi connectivity index (χ2v) is 8.71. The fraction of sp³-hybridized carbons (Fsp3) is 0.320. The molecule has 9 heteroatoms. The van der Waals surface area contributed by atoms with Gasteiger partial charge in [0.1, 0.15) is 18.1 Å². The van der Waals surface area contributed by atoms with Gasteiger partial charge in [-0.25, -0.2) is 9.37 Å². The number of nitrogens with one attached hydrogen (secondary N) is 1. The summed E-state index contributed by atoms with van der Waals surface area (Å²) in [7, 11) is 0. The van der Waals surface area contributed by atoms with E-state index in [1.54, 1.807) is 18.6 Å². The van der Waals surface area contributed by atoms with Crippen LogP contribution in [0.25, 0.3) is 0 Å². The van der Waals surface area contributed by atoms with E-state index in [4.69, 9.17) is 9.72 Å². The van der Waals surface area contributed by atoms with E-state index in [9.17, 15) is 4.79 Å². The van der Waals surface area contributed by atoms with Gasteiger partial charge in [0.05, 0.1) is 19.0 Å². The molecule has 2 aromatic carbocycles. The van der Waals surface area contributed by atoms with Crippen LogP contribution < -0.4 is 14.5 Å². The van der Waals surface area contributed by atoms with E-state index >= 15 is 4.39 Å². The molecule has 1 saturated heterocycles. The van der Waals surface area contributed by atoms with Gasteiger partial charge in [-0.3, -0.25) is 19.4 Å². The van der Waals surface area contributed by atoms with Crippen LogP contribution in [0.4, 0.5) is 27.4 Å². The van der Waals surface area contributed by atoms with Crippen molar-refractivity contribution in [3.8, 4) is 0 Å². The summed E-state index contributed by atoms with van der Waals surface area (Å²) >= 11 is 1.20. The topological polar surface area (TPSA) is 70.6 Å². The van der Waals surface area contributed by atoms with Crippen molar-refractivity contribution in [3.05, 3.63) is 73.1 Å². The minimum atomic E-state index is -1.46. The summed E-state index contributed by atoms with van der Waals surface area (Å²) in [6.45, 7) is 0.750. The highest BCUT2D eigenvalue weighted by atomic mass is 32.2. The van der Waals surface area contributed by atoms with Gasteiger partial charge >= 0.3 is 0 Å². The van der Waals surface area contributed by atoms with Crippen molar-refractivity contribution < 1.29 is 13.9 Å². The molecule has 1 aliphatic heterocycles. The molecule has 0 bridgehead atoms. The van der Waals surface area contributed by atoms with Crippen molar-refractivity contribution in [2.45, 2.75) is 18.5 Å². The zero-order valence-corrected chi connectivity index (χ0v) is 19.9. The van der Waals surface area contributed by atoms with Gasteiger partial charge in [0.25, 0.3) is 5.91 Å². The summed E-state index contributed by atoms with van der Waals surface area (Å²) < 4.78 is 23.1. The second kappa shape index (κ2) is 11.3. The number of nitrogens with zero attached hydrogens (tertiary/aromatic N) is 4. The Morgan fingerprint density at radius 3 is 2.29 bits per heavy atom. The van der Waals surface area contributed by atoms with Crippen LogP contribution in [0.5, 0.6) is 0 Å². The molecule has 178 valence electrons. The number of para-hydroxylation sites is 2. The van der Waals surface area contributed by atoms with Gasteiger partial charge in [-0.05, 0) is 24.3 Å². The highest BCUT2D eigenvalue weighted by Gasteiger charge is 2.35. The predicted molar refractivity (Wildman–Crippen MR) is 134 cm³/mol. The minimum Gasteiger partial charge on any atom is -0.368 e. The molecule has 0 unspecified atom stereocenters. The number of alkyl halides is 1. The Labute approximate surface area is 203 Å². The van der Waals surface area contributed by atoms with Gasteiger partial charge in [-0.2, -0.15) is 0 Å². The van der Waals surface area contributed by atoms with E-state index in [1.807, 2.05) is 70.5 Å². The summed E-state index contributed by atoms with van der Waals surface area (Å²) in [5.74, 6) is 1.13. The molecule has 1 aliphatic rings. The number of piperidine rings is 1. The molecule has 1 amide bonds. The van der Waals surface area contributed by atoms with Crippen LogP contribution >= 0.6 is 11.9 Å². The van der Waals surface area contributed by atoms with E-state index in [1.165, 1.54) is 11.9 Å². The van der Waals surface area contributed by atoms with Crippen LogP contribution in [-0.2, 0) is 9.53 Å². The van der Waals surface area contributed by atoms with Crippen LogP contribution in [0.15, 0.2) is 73.1 Å². The number of rotatable bonds is 9. The van der Waals surface area contributed by atoms with Crippen molar-refractivity contribution in [3.63, 3.8) is 0 Å². The van der Waals surface area contributed by atoms with Crippen LogP contribution in [0, 0.1) is 0 Å². The van der Waals surface area contributed by atoms with Gasteiger partial charge < -0.3 is 9.64 Å². The Balaban J connectivity index is 1.46. The molecule has 34 heavy (non-hydrogen) atoms. The molecule has 2 heterocycles. The first-order valence-corrected chi connectivity index (χ1v) is 12.4. The first-order valence-electron chi connectivity index (χ1n) is 11.1. The lowest BCUT2D eigenvalue weighted by atomic mass is 9.94. The summed E-state index contributed by atoms with van der Waals surface area (Å²) in [6.07, 6.45) is 5.79. The summed E-state index contributed by atoms with van der Waals surface area (Å²) in [6, 6.07) is 20.0. The highest BCUT2D eigenvalue weighted by molar-refractivity contribution is 7.97. The van der Waals surface area contributed by atoms with Crippen molar-refractivity contribution >= 4 is 40.9 Å². The molecule has 7 nitrogen and oxygen atoms in total. The molecular weight excluding hydrogens is 453 g/mol. The third kappa shape index (κ3) is 6.03. The number of aromatic nitrogens is 2. The quantitative estimate of drug-likeness (QED) is 0.446. The van der Waals surface area contributed by atoms with Gasteiger partial charge in [-0.15, -0.1) is 0 Å². The number of carbonyl (C=O) groups is 1. The van der Waals surface area contributed by atoms with Crippen LogP contribution in [0.3, 0.4) is 0 Å². The lowest BCUT2D eigenvalue weighted by Gasteiger charge is -2.37. The third-order valence-corrected chi connectivity index (χ3v) is 6.09. The SMILES string of the molecule is CSNC(=O)COCC1(F)CCN(c2cncc(N(c3ccccc3)c3ccccc3)n2)CC1. The monoisotopic (exact) mass is 481 g/mol. The number of halogens is 1. The van der Waals surface area contributed by atoms with Gasteiger partial charge in [0.2, 0.25) is 0 Å². The lowest BCUT2D eigenvalue weighted by Crippen LogP contribution is -2.45. The lowest BCUT2D eigenvalue weighted by molar-refractivity contribution is -0.125. The first kappa shape index (κ1) is 24.0. The van der Waals surface area contributed by atoms with Crippen molar-refractivity contribution in [2.75, 3.05) is 42.4 Å². The first-order chi connectivity index (χ1) is 16.6. The smallest absolute Gasteiger partial charge is 0.255 e. The maximum atomic E-state index is 15.2. The molecule has 0 saturated carbocycles. The number of amides is 1. The molecule has 0 aliphatic carbocycles. The normalized spacial score (nSPS) is 15.1. The fourth-order valence-electron chi connectivity index (χ4n) is 3.92. The number of hydrogen-bond acceptors (Lipinski definition) is 7. The predicted octanol–water partition coefficient (Wildman–Crippen LogP) is 4.67. The number of anilines is 4. The Morgan fingerprint density at radius 1 is 1.09 bits per heavy atom. The zero-order chi connectivity index (χ0) is 23.8. The molecule has 1 aromatic heterocycles. The maximum absolute atomic E-state index is 15.2. The van der Waals surface area contributed by atoms with Gasteiger partial charge in [0, 0.05) is 43.6 Å². The summed E-state index contributed by atoms with van der Waals surface area (Å²) in [5.41, 5.74) is 0.495. The number of hydrogen-bond donors (Lipinski definition) is 1. The second-order valence-electron chi connectivity index (χ2n) is 8.10. The largest absolute Gasteiger partial charge is 0.368 e. The van der Waals surface area contributed by atoms with E-state index in [-0.39, 0.29) is 19.1 Å². The summed E-state index contributed by atoms with van der Waals surface area (Å²) in [5, 5.41) is 0. The zero-order valence-electron chi connectivity index (χ0n) is 19.1. The number of ether oxygens (including phenoxy) is 1. The Morgan fingerprint density at radius 2 is 1.71 bits per heavy atom. The van der Waals surface area contributed by atoms with Crippen molar-refractivity contribution in [1.29, 1.82) is 0 Å². The molecule has 4 rings (SSSR count). The Bertz CT molecular complexity index is 1030. The van der Waals surface area contributed by atoms with E-state index in [0.29, 0.717) is 37.6 Å². The number of carbonyl (C=O) groups excluding carboxylic acids is 1. The highest BCUT2D eigenvalue weighted by Crippen LogP contribution is 2.34. The van der Waals surface area contributed by atoms with Crippen LogP contribution in [0.2, 0.25) is 0 Å².